The van der Waals surface area contributed by atoms with Gasteiger partial charge < -0.3 is 5.32 Å². The highest BCUT2D eigenvalue weighted by atomic mass is 14.8. The number of nitrogens with one attached hydrogen (secondary N) is 1. The van der Waals surface area contributed by atoms with Gasteiger partial charge in [-0.15, -0.1) is 0 Å². The molecule has 0 aromatic carbocycles. The van der Waals surface area contributed by atoms with E-state index >= 15 is 0 Å². The fraction of sp³-hybridized carbons (Fsp3) is 1.00. The minimum Gasteiger partial charge on any atom is -0.317 e. The molecule has 2 aliphatic rings. The zero-order chi connectivity index (χ0) is 14.6. The molecule has 0 amide bonds. The molecule has 2 rings (SSSR count). The first kappa shape index (κ1) is 17.3. The van der Waals surface area contributed by atoms with Crippen LogP contribution >= 0.6 is 0 Å². The summed E-state index contributed by atoms with van der Waals surface area (Å²) in [7, 11) is 0. The summed E-state index contributed by atoms with van der Waals surface area (Å²) in [6.45, 7) is 2.52. The van der Waals surface area contributed by atoms with E-state index < -0.39 is 0 Å². The molecule has 0 atom stereocenters. The van der Waals surface area contributed by atoms with Crippen LogP contribution in [0.25, 0.3) is 0 Å². The largest absolute Gasteiger partial charge is 0.317 e. The van der Waals surface area contributed by atoms with Crippen LogP contribution in [0.1, 0.15) is 103 Å². The molecule has 0 unspecified atom stereocenters. The molecule has 0 aromatic rings. The highest BCUT2D eigenvalue weighted by Crippen LogP contribution is 2.28. The zero-order valence-corrected chi connectivity index (χ0v) is 14.4. The van der Waals surface area contributed by atoms with E-state index in [9.17, 15) is 0 Å². The zero-order valence-electron chi connectivity index (χ0n) is 14.4. The van der Waals surface area contributed by atoms with Crippen molar-refractivity contribution in [3.8, 4) is 0 Å². The topological polar surface area (TPSA) is 12.0 Å². The molecule has 0 aliphatic heterocycles. The Morgan fingerprint density at radius 3 is 1.38 bits per heavy atom. The second-order valence-corrected chi connectivity index (χ2v) is 7.75. The summed E-state index contributed by atoms with van der Waals surface area (Å²) in [5.41, 5.74) is 0. The van der Waals surface area contributed by atoms with E-state index in [0.29, 0.717) is 0 Å². The molecule has 0 heterocycles. The maximum atomic E-state index is 3.66. The molecular formula is C20H39N. The SMILES string of the molecule is C1CCC(CCCCNCCCCC2CCCCC2)CC1. The van der Waals surface area contributed by atoms with E-state index in [1.807, 2.05) is 0 Å². The number of hydrogen-bond donors (Lipinski definition) is 1. The van der Waals surface area contributed by atoms with Gasteiger partial charge in [0.25, 0.3) is 0 Å². The van der Waals surface area contributed by atoms with E-state index in [0.717, 1.165) is 11.8 Å². The molecule has 2 fully saturated rings. The first-order chi connectivity index (χ1) is 10.4. The predicted molar refractivity (Wildman–Crippen MR) is 93.7 cm³/mol. The Balaban J connectivity index is 1.30. The maximum absolute atomic E-state index is 3.66. The lowest BCUT2D eigenvalue weighted by molar-refractivity contribution is 0.326. The monoisotopic (exact) mass is 293 g/mol. The maximum Gasteiger partial charge on any atom is -0.00489 e. The van der Waals surface area contributed by atoms with Gasteiger partial charge in [0.15, 0.2) is 0 Å². The second-order valence-electron chi connectivity index (χ2n) is 7.75. The van der Waals surface area contributed by atoms with Crippen LogP contribution in [0.5, 0.6) is 0 Å². The Hall–Kier alpha value is -0.0400. The molecule has 0 saturated heterocycles. The Morgan fingerprint density at radius 1 is 0.524 bits per heavy atom. The van der Waals surface area contributed by atoms with Gasteiger partial charge >= 0.3 is 0 Å². The van der Waals surface area contributed by atoms with Gasteiger partial charge in [-0.2, -0.15) is 0 Å². The van der Waals surface area contributed by atoms with E-state index in [-0.39, 0.29) is 0 Å². The van der Waals surface area contributed by atoms with Gasteiger partial charge in [-0.1, -0.05) is 89.9 Å². The van der Waals surface area contributed by atoms with Crippen LogP contribution in [0.4, 0.5) is 0 Å². The third kappa shape index (κ3) is 8.24. The van der Waals surface area contributed by atoms with Gasteiger partial charge in [0.05, 0.1) is 0 Å². The Kier molecular flexibility index (Phi) is 9.50. The summed E-state index contributed by atoms with van der Waals surface area (Å²) in [6, 6.07) is 0. The molecule has 0 bridgehead atoms. The minimum absolute atomic E-state index is 1.08. The van der Waals surface area contributed by atoms with Crippen LogP contribution in [0.3, 0.4) is 0 Å². The summed E-state index contributed by atoms with van der Waals surface area (Å²) >= 11 is 0. The second kappa shape index (κ2) is 11.5. The molecule has 0 radical (unpaired) electrons. The Morgan fingerprint density at radius 2 is 0.952 bits per heavy atom. The quantitative estimate of drug-likeness (QED) is 0.481. The number of hydrogen-bond acceptors (Lipinski definition) is 1. The smallest absolute Gasteiger partial charge is 0.00489 e. The number of rotatable bonds is 10. The van der Waals surface area contributed by atoms with Gasteiger partial charge in [-0.05, 0) is 37.8 Å². The van der Waals surface area contributed by atoms with Crippen molar-refractivity contribution < 1.29 is 0 Å². The average Bonchev–Trinajstić information content (AvgIpc) is 2.55. The Labute approximate surface area is 133 Å². The van der Waals surface area contributed by atoms with Crippen LogP contribution in [0.15, 0.2) is 0 Å². The minimum atomic E-state index is 1.08. The first-order valence-corrected chi connectivity index (χ1v) is 10.2. The normalized spacial score (nSPS) is 21.7. The summed E-state index contributed by atoms with van der Waals surface area (Å²) in [6.07, 6.45) is 23.8. The summed E-state index contributed by atoms with van der Waals surface area (Å²) in [4.78, 5) is 0. The molecule has 1 nitrogen and oxygen atoms in total. The molecule has 1 N–H and O–H groups in total. The lowest BCUT2D eigenvalue weighted by Crippen LogP contribution is -2.17. The molecule has 2 aliphatic carbocycles. The van der Waals surface area contributed by atoms with Gasteiger partial charge in [0.1, 0.15) is 0 Å². The fourth-order valence-electron chi connectivity index (χ4n) is 4.44. The van der Waals surface area contributed by atoms with E-state index in [2.05, 4.69) is 5.32 Å². The van der Waals surface area contributed by atoms with E-state index in [1.54, 1.807) is 0 Å². The summed E-state index contributed by atoms with van der Waals surface area (Å²) < 4.78 is 0. The summed E-state index contributed by atoms with van der Waals surface area (Å²) in [5.74, 6) is 2.16. The third-order valence-corrected chi connectivity index (χ3v) is 5.88. The van der Waals surface area contributed by atoms with Crippen molar-refractivity contribution >= 4 is 0 Å². The van der Waals surface area contributed by atoms with Gasteiger partial charge in [-0.25, -0.2) is 0 Å². The number of unbranched alkanes of at least 4 members (excludes halogenated alkanes) is 2. The molecule has 0 spiro atoms. The van der Waals surface area contributed by atoms with E-state index in [4.69, 9.17) is 0 Å². The standard InChI is InChI=1S/C20H39N/c1-3-11-19(12-4-1)15-7-9-17-21-18-10-8-16-20-13-5-2-6-14-20/h19-21H,1-18H2. The van der Waals surface area contributed by atoms with E-state index in [1.165, 1.54) is 116 Å². The molecule has 1 heteroatoms. The first-order valence-electron chi connectivity index (χ1n) is 10.2. The summed E-state index contributed by atoms with van der Waals surface area (Å²) in [5, 5.41) is 3.66. The predicted octanol–water partition coefficient (Wildman–Crippen LogP) is 6.08. The molecule has 124 valence electrons. The van der Waals surface area contributed by atoms with Gasteiger partial charge in [0, 0.05) is 0 Å². The molecule has 2 saturated carbocycles. The van der Waals surface area contributed by atoms with Gasteiger partial charge in [-0.3, -0.25) is 0 Å². The van der Waals surface area contributed by atoms with Crippen LogP contribution in [-0.4, -0.2) is 13.1 Å². The van der Waals surface area contributed by atoms with Crippen LogP contribution in [-0.2, 0) is 0 Å². The third-order valence-electron chi connectivity index (χ3n) is 5.88. The van der Waals surface area contributed by atoms with Crippen molar-refractivity contribution in [2.75, 3.05) is 13.1 Å². The van der Waals surface area contributed by atoms with Crippen molar-refractivity contribution in [1.82, 2.24) is 5.32 Å². The van der Waals surface area contributed by atoms with Crippen molar-refractivity contribution in [3.05, 3.63) is 0 Å². The van der Waals surface area contributed by atoms with Crippen LogP contribution < -0.4 is 5.32 Å². The highest BCUT2D eigenvalue weighted by molar-refractivity contribution is 4.67. The van der Waals surface area contributed by atoms with Crippen LogP contribution in [0, 0.1) is 11.8 Å². The van der Waals surface area contributed by atoms with Crippen molar-refractivity contribution in [2.45, 2.75) is 103 Å². The van der Waals surface area contributed by atoms with Crippen LogP contribution in [0.2, 0.25) is 0 Å². The lowest BCUT2D eigenvalue weighted by Gasteiger charge is -2.21. The Bertz CT molecular complexity index is 202. The highest BCUT2D eigenvalue weighted by Gasteiger charge is 2.13. The van der Waals surface area contributed by atoms with Crippen molar-refractivity contribution in [2.24, 2.45) is 11.8 Å². The van der Waals surface area contributed by atoms with Crippen molar-refractivity contribution in [1.29, 1.82) is 0 Å². The molecule has 0 aromatic heterocycles. The average molecular weight is 294 g/mol. The fourth-order valence-corrected chi connectivity index (χ4v) is 4.44. The molecular weight excluding hydrogens is 254 g/mol. The lowest BCUT2D eigenvalue weighted by atomic mass is 9.86. The van der Waals surface area contributed by atoms with Crippen molar-refractivity contribution in [3.63, 3.8) is 0 Å². The van der Waals surface area contributed by atoms with Gasteiger partial charge in [0.2, 0.25) is 0 Å². The molecule has 21 heavy (non-hydrogen) atoms.